The van der Waals surface area contributed by atoms with Crippen LogP contribution < -0.4 is 5.32 Å². The average Bonchev–Trinajstić information content (AvgIpc) is 2.76. The minimum absolute atomic E-state index is 0.940. The van der Waals surface area contributed by atoms with E-state index in [0.717, 1.165) is 18.9 Å². The van der Waals surface area contributed by atoms with Gasteiger partial charge in [-0.25, -0.2) is 4.98 Å². The van der Waals surface area contributed by atoms with Crippen LogP contribution in [0.25, 0.3) is 11.4 Å². The maximum Gasteiger partial charge on any atom is 0.139 e. The second kappa shape index (κ2) is 5.83. The second-order valence-corrected chi connectivity index (χ2v) is 4.69. The zero-order valence-electron chi connectivity index (χ0n) is 11.4. The maximum atomic E-state index is 4.40. The Bertz CT molecular complexity index is 514. The first-order valence-corrected chi connectivity index (χ1v) is 6.50. The van der Waals surface area contributed by atoms with Gasteiger partial charge in [0.2, 0.25) is 0 Å². The second-order valence-electron chi connectivity index (χ2n) is 4.69. The number of hydrogen-bond donors (Lipinski definition) is 1. The van der Waals surface area contributed by atoms with Crippen LogP contribution in [0.15, 0.2) is 30.6 Å². The summed E-state index contributed by atoms with van der Waals surface area (Å²) >= 11 is 0. The minimum atomic E-state index is 0.940. The highest BCUT2D eigenvalue weighted by atomic mass is 15.0. The number of benzene rings is 1. The molecule has 1 heterocycles. The first-order chi connectivity index (χ1) is 8.72. The highest BCUT2D eigenvalue weighted by molar-refractivity contribution is 5.61. The summed E-state index contributed by atoms with van der Waals surface area (Å²) in [5, 5.41) is 3.42. The van der Waals surface area contributed by atoms with E-state index in [1.807, 2.05) is 19.4 Å². The number of nitrogens with zero attached hydrogens (tertiary/aromatic N) is 2. The van der Waals surface area contributed by atoms with Crippen LogP contribution in [-0.2, 0) is 13.6 Å². The summed E-state index contributed by atoms with van der Waals surface area (Å²) in [4.78, 5) is 4.40. The van der Waals surface area contributed by atoms with Crippen LogP contribution in [0.3, 0.4) is 0 Å². The topological polar surface area (TPSA) is 29.9 Å². The van der Waals surface area contributed by atoms with Gasteiger partial charge < -0.3 is 9.88 Å². The van der Waals surface area contributed by atoms with Crippen LogP contribution in [0.5, 0.6) is 0 Å². The number of imidazole rings is 1. The third-order valence-corrected chi connectivity index (χ3v) is 3.11. The summed E-state index contributed by atoms with van der Waals surface area (Å²) in [5.41, 5.74) is 3.82. The Morgan fingerprint density at radius 2 is 2.17 bits per heavy atom. The SMILES string of the molecule is CCCNCc1ccc(-c2nccn2C)c(C)c1. The maximum absolute atomic E-state index is 4.40. The standard InChI is InChI=1S/C15H21N3/c1-4-7-16-11-13-5-6-14(12(2)10-13)15-17-8-9-18(15)3/h5-6,8-10,16H,4,7,11H2,1-3H3. The Kier molecular flexibility index (Phi) is 4.15. The van der Waals surface area contributed by atoms with Gasteiger partial charge in [0.25, 0.3) is 0 Å². The normalized spacial score (nSPS) is 10.8. The van der Waals surface area contributed by atoms with Gasteiger partial charge in [-0.2, -0.15) is 0 Å². The Morgan fingerprint density at radius 1 is 1.33 bits per heavy atom. The smallest absolute Gasteiger partial charge is 0.139 e. The molecule has 1 N–H and O–H groups in total. The number of aryl methyl sites for hydroxylation is 2. The van der Waals surface area contributed by atoms with Crippen molar-refractivity contribution >= 4 is 0 Å². The van der Waals surface area contributed by atoms with Gasteiger partial charge in [-0.05, 0) is 31.0 Å². The van der Waals surface area contributed by atoms with Crippen molar-refractivity contribution in [1.29, 1.82) is 0 Å². The molecule has 0 aliphatic carbocycles. The lowest BCUT2D eigenvalue weighted by atomic mass is 10.0. The molecule has 3 nitrogen and oxygen atoms in total. The number of rotatable bonds is 5. The van der Waals surface area contributed by atoms with Crippen molar-refractivity contribution in [2.24, 2.45) is 7.05 Å². The quantitative estimate of drug-likeness (QED) is 0.818. The molecule has 0 saturated carbocycles. The first kappa shape index (κ1) is 12.8. The molecule has 3 heteroatoms. The fraction of sp³-hybridized carbons (Fsp3) is 0.400. The Labute approximate surface area is 109 Å². The molecule has 1 aromatic heterocycles. The van der Waals surface area contributed by atoms with Crippen molar-refractivity contribution in [2.75, 3.05) is 6.54 Å². The van der Waals surface area contributed by atoms with Gasteiger partial charge in [-0.3, -0.25) is 0 Å². The third kappa shape index (κ3) is 2.79. The van der Waals surface area contributed by atoms with Crippen molar-refractivity contribution in [3.05, 3.63) is 41.7 Å². The number of aromatic nitrogens is 2. The fourth-order valence-electron chi connectivity index (χ4n) is 2.12. The first-order valence-electron chi connectivity index (χ1n) is 6.50. The Balaban J connectivity index is 2.18. The van der Waals surface area contributed by atoms with Gasteiger partial charge in [-0.15, -0.1) is 0 Å². The summed E-state index contributed by atoms with van der Waals surface area (Å²) in [5.74, 6) is 1.03. The van der Waals surface area contributed by atoms with Crippen molar-refractivity contribution in [2.45, 2.75) is 26.8 Å². The molecular weight excluding hydrogens is 222 g/mol. The van der Waals surface area contributed by atoms with Crippen LogP contribution in [0.4, 0.5) is 0 Å². The number of nitrogens with one attached hydrogen (secondary N) is 1. The molecule has 0 fully saturated rings. The monoisotopic (exact) mass is 243 g/mol. The summed E-state index contributed by atoms with van der Waals surface area (Å²) in [7, 11) is 2.03. The van der Waals surface area contributed by atoms with Crippen molar-refractivity contribution in [1.82, 2.24) is 14.9 Å². The molecule has 2 aromatic rings. The van der Waals surface area contributed by atoms with Gasteiger partial charge in [0, 0.05) is 31.5 Å². The van der Waals surface area contributed by atoms with E-state index in [1.54, 1.807) is 0 Å². The summed E-state index contributed by atoms with van der Waals surface area (Å²) in [6, 6.07) is 6.59. The summed E-state index contributed by atoms with van der Waals surface area (Å²) in [6.07, 6.45) is 4.99. The molecule has 0 radical (unpaired) electrons. The van der Waals surface area contributed by atoms with Crippen LogP contribution in [-0.4, -0.2) is 16.1 Å². The van der Waals surface area contributed by atoms with Crippen molar-refractivity contribution in [3.8, 4) is 11.4 Å². The zero-order valence-corrected chi connectivity index (χ0v) is 11.4. The predicted octanol–water partition coefficient (Wildman–Crippen LogP) is 2.90. The van der Waals surface area contributed by atoms with E-state index in [-0.39, 0.29) is 0 Å². The van der Waals surface area contributed by atoms with E-state index in [4.69, 9.17) is 0 Å². The average molecular weight is 243 g/mol. The van der Waals surface area contributed by atoms with E-state index in [2.05, 4.69) is 46.9 Å². The molecule has 0 aliphatic heterocycles. The van der Waals surface area contributed by atoms with Gasteiger partial charge in [0.1, 0.15) is 5.82 Å². The summed E-state index contributed by atoms with van der Waals surface area (Å²) in [6.45, 7) is 6.34. The molecule has 0 bridgehead atoms. The van der Waals surface area contributed by atoms with E-state index in [1.165, 1.54) is 23.1 Å². The van der Waals surface area contributed by atoms with Crippen LogP contribution in [0.2, 0.25) is 0 Å². The molecule has 18 heavy (non-hydrogen) atoms. The van der Waals surface area contributed by atoms with Crippen molar-refractivity contribution in [3.63, 3.8) is 0 Å². The molecule has 0 saturated heterocycles. The molecule has 0 spiro atoms. The molecular formula is C15H21N3. The lowest BCUT2D eigenvalue weighted by molar-refractivity contribution is 0.675. The third-order valence-electron chi connectivity index (χ3n) is 3.11. The van der Waals surface area contributed by atoms with E-state index in [9.17, 15) is 0 Å². The Hall–Kier alpha value is -1.61. The predicted molar refractivity (Wildman–Crippen MR) is 75.4 cm³/mol. The fourth-order valence-corrected chi connectivity index (χ4v) is 2.12. The van der Waals surface area contributed by atoms with Crippen LogP contribution in [0.1, 0.15) is 24.5 Å². The molecule has 1 aromatic carbocycles. The molecule has 96 valence electrons. The lowest BCUT2D eigenvalue weighted by Crippen LogP contribution is -2.13. The van der Waals surface area contributed by atoms with E-state index < -0.39 is 0 Å². The van der Waals surface area contributed by atoms with Gasteiger partial charge in [-0.1, -0.05) is 25.1 Å². The van der Waals surface area contributed by atoms with Gasteiger partial charge >= 0.3 is 0 Å². The van der Waals surface area contributed by atoms with E-state index in [0.29, 0.717) is 0 Å². The highest BCUT2D eigenvalue weighted by Crippen LogP contribution is 2.22. The molecule has 0 aliphatic rings. The molecule has 0 amide bonds. The molecule has 0 atom stereocenters. The van der Waals surface area contributed by atoms with Crippen LogP contribution in [0, 0.1) is 6.92 Å². The Morgan fingerprint density at radius 3 is 2.78 bits per heavy atom. The van der Waals surface area contributed by atoms with Gasteiger partial charge in [0.05, 0.1) is 0 Å². The number of hydrogen-bond acceptors (Lipinski definition) is 2. The van der Waals surface area contributed by atoms with Gasteiger partial charge in [0.15, 0.2) is 0 Å². The van der Waals surface area contributed by atoms with E-state index >= 15 is 0 Å². The highest BCUT2D eigenvalue weighted by Gasteiger charge is 2.06. The zero-order chi connectivity index (χ0) is 13.0. The van der Waals surface area contributed by atoms with Crippen LogP contribution >= 0.6 is 0 Å². The van der Waals surface area contributed by atoms with Crippen molar-refractivity contribution < 1.29 is 0 Å². The summed E-state index contributed by atoms with van der Waals surface area (Å²) < 4.78 is 2.05. The minimum Gasteiger partial charge on any atom is -0.334 e. The molecule has 2 rings (SSSR count). The molecule has 0 unspecified atom stereocenters. The lowest BCUT2D eigenvalue weighted by Gasteiger charge is -2.09. The largest absolute Gasteiger partial charge is 0.334 e.